The normalized spacial score (nSPS) is 10.2. The molecule has 1 aromatic carbocycles. The van der Waals surface area contributed by atoms with E-state index in [4.69, 9.17) is 5.73 Å². The minimum Gasteiger partial charge on any atom is -0.399 e. The van der Waals surface area contributed by atoms with Crippen molar-refractivity contribution in [3.8, 4) is 0 Å². The fourth-order valence-electron chi connectivity index (χ4n) is 1.07. The van der Waals surface area contributed by atoms with Gasteiger partial charge in [-0.2, -0.15) is 11.8 Å². The standard InChI is InChI=1S/C10H15NS/c1-3-12-7-9-5-4-6-10(11)8(9)2/h4-6H,3,7,11H2,1-2H3. The molecule has 0 atom stereocenters. The summed E-state index contributed by atoms with van der Waals surface area (Å²) in [6.07, 6.45) is 0. The van der Waals surface area contributed by atoms with Gasteiger partial charge in [0, 0.05) is 11.4 Å². The number of benzene rings is 1. The minimum absolute atomic E-state index is 0.907. The average Bonchev–Trinajstić information content (AvgIpc) is 2.08. The third-order valence-electron chi connectivity index (χ3n) is 1.95. The van der Waals surface area contributed by atoms with Gasteiger partial charge in [-0.15, -0.1) is 0 Å². The Kier molecular flexibility index (Phi) is 3.48. The van der Waals surface area contributed by atoms with Gasteiger partial charge in [-0.25, -0.2) is 0 Å². The molecule has 0 aromatic heterocycles. The molecular weight excluding hydrogens is 166 g/mol. The van der Waals surface area contributed by atoms with E-state index in [9.17, 15) is 0 Å². The highest BCUT2D eigenvalue weighted by Gasteiger charge is 1.99. The fourth-order valence-corrected chi connectivity index (χ4v) is 1.81. The van der Waals surface area contributed by atoms with Gasteiger partial charge < -0.3 is 5.73 Å². The highest BCUT2D eigenvalue weighted by atomic mass is 32.2. The topological polar surface area (TPSA) is 26.0 Å². The molecule has 66 valence electrons. The van der Waals surface area contributed by atoms with Crippen molar-refractivity contribution in [3.05, 3.63) is 29.3 Å². The van der Waals surface area contributed by atoms with Crippen molar-refractivity contribution in [2.24, 2.45) is 0 Å². The lowest BCUT2D eigenvalue weighted by atomic mass is 10.1. The van der Waals surface area contributed by atoms with Crippen LogP contribution in [0.5, 0.6) is 0 Å². The summed E-state index contributed by atoms with van der Waals surface area (Å²) >= 11 is 1.93. The van der Waals surface area contributed by atoms with Gasteiger partial charge in [0.15, 0.2) is 0 Å². The van der Waals surface area contributed by atoms with Crippen LogP contribution in [0.3, 0.4) is 0 Å². The lowest BCUT2D eigenvalue weighted by Crippen LogP contribution is -1.93. The lowest BCUT2D eigenvalue weighted by Gasteiger charge is -2.06. The highest BCUT2D eigenvalue weighted by Crippen LogP contribution is 2.20. The summed E-state index contributed by atoms with van der Waals surface area (Å²) in [4.78, 5) is 0. The van der Waals surface area contributed by atoms with Gasteiger partial charge in [0.1, 0.15) is 0 Å². The molecule has 1 nitrogen and oxygen atoms in total. The van der Waals surface area contributed by atoms with E-state index in [-0.39, 0.29) is 0 Å². The molecular formula is C10H15NS. The van der Waals surface area contributed by atoms with Gasteiger partial charge in [-0.3, -0.25) is 0 Å². The Hall–Kier alpha value is -0.630. The van der Waals surface area contributed by atoms with Crippen LogP contribution in [0, 0.1) is 6.92 Å². The second-order valence-corrected chi connectivity index (χ2v) is 4.04. The maximum absolute atomic E-state index is 5.78. The van der Waals surface area contributed by atoms with Gasteiger partial charge in [0.25, 0.3) is 0 Å². The Morgan fingerprint density at radius 3 is 2.83 bits per heavy atom. The first-order chi connectivity index (χ1) is 5.75. The first-order valence-corrected chi connectivity index (χ1v) is 5.33. The summed E-state index contributed by atoms with van der Waals surface area (Å²) in [5.41, 5.74) is 9.29. The minimum atomic E-state index is 0.907. The van der Waals surface area contributed by atoms with Gasteiger partial charge in [0.05, 0.1) is 0 Å². The van der Waals surface area contributed by atoms with E-state index in [0.29, 0.717) is 0 Å². The summed E-state index contributed by atoms with van der Waals surface area (Å²) in [7, 11) is 0. The quantitative estimate of drug-likeness (QED) is 0.726. The monoisotopic (exact) mass is 181 g/mol. The molecule has 0 spiro atoms. The zero-order valence-electron chi connectivity index (χ0n) is 7.63. The van der Waals surface area contributed by atoms with Crippen molar-refractivity contribution in [1.29, 1.82) is 0 Å². The molecule has 2 heteroatoms. The van der Waals surface area contributed by atoms with Crippen LogP contribution in [0.25, 0.3) is 0 Å². The maximum Gasteiger partial charge on any atom is 0.0346 e. The van der Waals surface area contributed by atoms with Crippen LogP contribution < -0.4 is 5.73 Å². The van der Waals surface area contributed by atoms with Crippen molar-refractivity contribution in [1.82, 2.24) is 0 Å². The van der Waals surface area contributed by atoms with Gasteiger partial charge >= 0.3 is 0 Å². The van der Waals surface area contributed by atoms with Crippen LogP contribution in [0.4, 0.5) is 5.69 Å². The largest absolute Gasteiger partial charge is 0.399 e. The number of anilines is 1. The Bertz CT molecular complexity index is 258. The van der Waals surface area contributed by atoms with Crippen LogP contribution in [-0.4, -0.2) is 5.75 Å². The van der Waals surface area contributed by atoms with E-state index in [2.05, 4.69) is 19.9 Å². The van der Waals surface area contributed by atoms with Crippen molar-refractivity contribution in [2.45, 2.75) is 19.6 Å². The zero-order chi connectivity index (χ0) is 8.97. The smallest absolute Gasteiger partial charge is 0.0346 e. The van der Waals surface area contributed by atoms with E-state index in [1.165, 1.54) is 11.1 Å². The number of rotatable bonds is 3. The van der Waals surface area contributed by atoms with Crippen LogP contribution in [0.2, 0.25) is 0 Å². The molecule has 0 aliphatic heterocycles. The second-order valence-electron chi connectivity index (χ2n) is 2.77. The summed E-state index contributed by atoms with van der Waals surface area (Å²) in [6.45, 7) is 4.26. The summed E-state index contributed by atoms with van der Waals surface area (Å²) in [5.74, 6) is 2.24. The number of thioether (sulfide) groups is 1. The third kappa shape index (κ3) is 2.18. The predicted molar refractivity (Wildman–Crippen MR) is 57.4 cm³/mol. The van der Waals surface area contributed by atoms with Gasteiger partial charge in [-0.1, -0.05) is 19.1 Å². The maximum atomic E-state index is 5.78. The van der Waals surface area contributed by atoms with Crippen LogP contribution >= 0.6 is 11.8 Å². The van der Waals surface area contributed by atoms with Crippen molar-refractivity contribution >= 4 is 17.4 Å². The molecule has 0 aliphatic carbocycles. The summed E-state index contributed by atoms with van der Waals surface area (Å²) in [6, 6.07) is 6.12. The molecule has 0 aliphatic rings. The average molecular weight is 181 g/mol. The SMILES string of the molecule is CCSCc1cccc(N)c1C. The summed E-state index contributed by atoms with van der Waals surface area (Å²) < 4.78 is 0. The van der Waals surface area contributed by atoms with Gasteiger partial charge in [-0.05, 0) is 29.9 Å². The number of hydrogen-bond acceptors (Lipinski definition) is 2. The number of nitrogen functional groups attached to an aromatic ring is 1. The Morgan fingerprint density at radius 1 is 1.42 bits per heavy atom. The zero-order valence-corrected chi connectivity index (χ0v) is 8.45. The van der Waals surface area contributed by atoms with E-state index < -0.39 is 0 Å². The molecule has 1 aromatic rings. The van der Waals surface area contributed by atoms with Crippen LogP contribution in [-0.2, 0) is 5.75 Å². The molecule has 0 amide bonds. The van der Waals surface area contributed by atoms with Gasteiger partial charge in [0.2, 0.25) is 0 Å². The molecule has 0 saturated carbocycles. The first kappa shape index (κ1) is 9.46. The van der Waals surface area contributed by atoms with E-state index in [1.807, 2.05) is 23.9 Å². The molecule has 1 rings (SSSR count). The fraction of sp³-hybridized carbons (Fsp3) is 0.400. The van der Waals surface area contributed by atoms with Crippen molar-refractivity contribution in [2.75, 3.05) is 11.5 Å². The lowest BCUT2D eigenvalue weighted by molar-refractivity contribution is 1.31. The molecule has 0 bridgehead atoms. The Balaban J connectivity index is 2.78. The van der Waals surface area contributed by atoms with Crippen LogP contribution in [0.15, 0.2) is 18.2 Å². The van der Waals surface area contributed by atoms with Crippen molar-refractivity contribution in [3.63, 3.8) is 0 Å². The Labute approximate surface area is 78.4 Å². The van der Waals surface area contributed by atoms with E-state index >= 15 is 0 Å². The molecule has 0 saturated heterocycles. The van der Waals surface area contributed by atoms with E-state index in [0.717, 1.165) is 17.2 Å². The van der Waals surface area contributed by atoms with E-state index in [1.54, 1.807) is 0 Å². The molecule has 0 heterocycles. The number of nitrogens with two attached hydrogens (primary N) is 1. The van der Waals surface area contributed by atoms with Crippen molar-refractivity contribution < 1.29 is 0 Å². The molecule has 2 N–H and O–H groups in total. The molecule has 0 unspecified atom stereocenters. The summed E-state index contributed by atoms with van der Waals surface area (Å²) in [5, 5.41) is 0. The Morgan fingerprint density at radius 2 is 2.17 bits per heavy atom. The highest BCUT2D eigenvalue weighted by molar-refractivity contribution is 7.98. The third-order valence-corrected chi connectivity index (χ3v) is 2.87. The first-order valence-electron chi connectivity index (χ1n) is 4.17. The number of hydrogen-bond donors (Lipinski definition) is 1. The molecule has 0 fully saturated rings. The predicted octanol–water partition coefficient (Wildman–Crippen LogP) is 2.83. The van der Waals surface area contributed by atoms with Crippen LogP contribution in [0.1, 0.15) is 18.1 Å². The second kappa shape index (κ2) is 4.41. The molecule has 0 radical (unpaired) electrons. The molecule has 12 heavy (non-hydrogen) atoms.